The number of hydrogen-bond acceptors (Lipinski definition) is 2. The smallest absolute Gasteiger partial charge is 0.227 e. The number of amides is 1. The Morgan fingerprint density at radius 2 is 1.88 bits per heavy atom. The molecule has 0 aromatic heterocycles. The first kappa shape index (κ1) is 12.9. The fourth-order valence-corrected chi connectivity index (χ4v) is 3.17. The van der Waals surface area contributed by atoms with E-state index in [1.54, 1.807) is 0 Å². The number of carbonyl (C=O) groups excluding carboxylic acids is 1. The van der Waals surface area contributed by atoms with Crippen molar-refractivity contribution in [1.82, 2.24) is 10.2 Å². The molecule has 2 rings (SSSR count). The van der Waals surface area contributed by atoms with Crippen LogP contribution >= 0.6 is 0 Å². The van der Waals surface area contributed by atoms with Crippen molar-refractivity contribution in [3.05, 3.63) is 0 Å². The highest BCUT2D eigenvalue weighted by atomic mass is 16.2. The molecule has 2 aliphatic heterocycles. The van der Waals surface area contributed by atoms with Gasteiger partial charge in [-0.15, -0.1) is 0 Å². The molecule has 0 aliphatic carbocycles. The highest BCUT2D eigenvalue weighted by Crippen LogP contribution is 2.25. The van der Waals surface area contributed by atoms with Gasteiger partial charge in [0.1, 0.15) is 0 Å². The van der Waals surface area contributed by atoms with E-state index in [1.807, 2.05) is 0 Å². The predicted molar refractivity (Wildman–Crippen MR) is 69.7 cm³/mol. The Morgan fingerprint density at radius 3 is 2.59 bits per heavy atom. The van der Waals surface area contributed by atoms with Crippen LogP contribution < -0.4 is 5.32 Å². The van der Waals surface area contributed by atoms with Gasteiger partial charge in [0, 0.05) is 19.1 Å². The Hall–Kier alpha value is -0.570. The van der Waals surface area contributed by atoms with E-state index >= 15 is 0 Å². The highest BCUT2D eigenvalue weighted by Gasteiger charge is 2.33. The van der Waals surface area contributed by atoms with Gasteiger partial charge in [0.15, 0.2) is 0 Å². The van der Waals surface area contributed by atoms with E-state index in [0.717, 1.165) is 26.1 Å². The summed E-state index contributed by atoms with van der Waals surface area (Å²) in [5.74, 6) is 1.91. The molecule has 3 nitrogen and oxygen atoms in total. The first-order chi connectivity index (χ1) is 8.08. The molecule has 4 atom stereocenters. The van der Waals surface area contributed by atoms with Crippen LogP contribution in [-0.4, -0.2) is 36.5 Å². The second kappa shape index (κ2) is 5.38. The summed E-state index contributed by atoms with van der Waals surface area (Å²) in [5, 5.41) is 3.38. The second-order valence-corrected chi connectivity index (χ2v) is 6.22. The van der Waals surface area contributed by atoms with Crippen LogP contribution in [0.15, 0.2) is 0 Å². The molecule has 4 unspecified atom stereocenters. The Kier molecular flexibility index (Phi) is 4.08. The van der Waals surface area contributed by atoms with Crippen molar-refractivity contribution >= 4 is 5.91 Å². The third-order valence-corrected chi connectivity index (χ3v) is 4.32. The van der Waals surface area contributed by atoms with Gasteiger partial charge < -0.3 is 10.2 Å². The van der Waals surface area contributed by atoms with Gasteiger partial charge in [-0.1, -0.05) is 13.8 Å². The van der Waals surface area contributed by atoms with Crippen LogP contribution in [0.25, 0.3) is 0 Å². The SMILES string of the molecule is CC1CNCC(C(=O)N2CC(C)CCC2C)C1. The zero-order chi connectivity index (χ0) is 12.4. The number of nitrogens with zero attached hydrogens (tertiary/aromatic N) is 1. The summed E-state index contributed by atoms with van der Waals surface area (Å²) in [6.07, 6.45) is 3.50. The number of rotatable bonds is 1. The lowest BCUT2D eigenvalue weighted by Crippen LogP contribution is -2.51. The van der Waals surface area contributed by atoms with E-state index in [4.69, 9.17) is 0 Å². The second-order valence-electron chi connectivity index (χ2n) is 6.22. The molecule has 0 saturated carbocycles. The predicted octanol–water partition coefficient (Wildman–Crippen LogP) is 1.88. The Labute approximate surface area is 105 Å². The van der Waals surface area contributed by atoms with Gasteiger partial charge in [0.25, 0.3) is 0 Å². The first-order valence-electron chi connectivity index (χ1n) is 7.09. The minimum absolute atomic E-state index is 0.214. The van der Waals surface area contributed by atoms with Gasteiger partial charge in [-0.2, -0.15) is 0 Å². The molecule has 1 amide bonds. The van der Waals surface area contributed by atoms with Gasteiger partial charge in [0.2, 0.25) is 5.91 Å². The van der Waals surface area contributed by atoms with Crippen LogP contribution in [0, 0.1) is 17.8 Å². The Morgan fingerprint density at radius 1 is 1.12 bits per heavy atom. The monoisotopic (exact) mass is 238 g/mol. The summed E-state index contributed by atoms with van der Waals surface area (Å²) in [5.41, 5.74) is 0. The van der Waals surface area contributed by atoms with Crippen LogP contribution in [0.5, 0.6) is 0 Å². The number of piperidine rings is 2. The topological polar surface area (TPSA) is 32.3 Å². The molecule has 17 heavy (non-hydrogen) atoms. The number of likely N-dealkylation sites (tertiary alicyclic amines) is 1. The average molecular weight is 238 g/mol. The van der Waals surface area contributed by atoms with Gasteiger partial charge >= 0.3 is 0 Å². The zero-order valence-corrected chi connectivity index (χ0v) is 11.4. The third kappa shape index (κ3) is 3.01. The Bertz CT molecular complexity index is 279. The number of nitrogens with one attached hydrogen (secondary N) is 1. The number of carbonyl (C=O) groups is 1. The molecule has 2 fully saturated rings. The van der Waals surface area contributed by atoms with Gasteiger partial charge in [-0.25, -0.2) is 0 Å². The van der Waals surface area contributed by atoms with E-state index in [-0.39, 0.29) is 5.92 Å². The fraction of sp³-hybridized carbons (Fsp3) is 0.929. The lowest BCUT2D eigenvalue weighted by atomic mass is 9.88. The van der Waals surface area contributed by atoms with Crippen LogP contribution in [-0.2, 0) is 4.79 Å². The number of hydrogen-bond donors (Lipinski definition) is 1. The minimum atomic E-state index is 0.214. The first-order valence-corrected chi connectivity index (χ1v) is 7.09. The summed E-state index contributed by atoms with van der Waals surface area (Å²) >= 11 is 0. The minimum Gasteiger partial charge on any atom is -0.339 e. The van der Waals surface area contributed by atoms with Crippen molar-refractivity contribution in [3.8, 4) is 0 Å². The maximum Gasteiger partial charge on any atom is 0.227 e. The lowest BCUT2D eigenvalue weighted by Gasteiger charge is -2.40. The largest absolute Gasteiger partial charge is 0.339 e. The van der Waals surface area contributed by atoms with Gasteiger partial charge in [-0.05, 0) is 44.6 Å². The molecule has 98 valence electrons. The van der Waals surface area contributed by atoms with E-state index in [9.17, 15) is 4.79 Å². The van der Waals surface area contributed by atoms with Crippen molar-refractivity contribution in [2.75, 3.05) is 19.6 Å². The average Bonchev–Trinajstić information content (AvgIpc) is 2.31. The van der Waals surface area contributed by atoms with Crippen LogP contribution in [0.4, 0.5) is 0 Å². The summed E-state index contributed by atoms with van der Waals surface area (Å²) in [6, 6.07) is 0.441. The molecule has 0 aromatic rings. The van der Waals surface area contributed by atoms with Crippen LogP contribution in [0.3, 0.4) is 0 Å². The maximum absolute atomic E-state index is 12.5. The molecule has 2 saturated heterocycles. The molecule has 1 N–H and O–H groups in total. The van der Waals surface area contributed by atoms with Crippen molar-refractivity contribution in [2.24, 2.45) is 17.8 Å². The summed E-state index contributed by atoms with van der Waals surface area (Å²) in [7, 11) is 0. The molecule has 2 aliphatic rings. The third-order valence-electron chi connectivity index (χ3n) is 4.32. The molecule has 3 heteroatoms. The standard InChI is InChI=1S/C14H26N2O/c1-10-4-5-12(3)16(9-10)14(17)13-6-11(2)7-15-8-13/h10-13,15H,4-9H2,1-3H3. The summed E-state index contributed by atoms with van der Waals surface area (Å²) in [4.78, 5) is 14.7. The van der Waals surface area contributed by atoms with Crippen LogP contribution in [0.1, 0.15) is 40.0 Å². The van der Waals surface area contributed by atoms with E-state index < -0.39 is 0 Å². The summed E-state index contributed by atoms with van der Waals surface area (Å²) in [6.45, 7) is 9.59. The molecule has 0 bridgehead atoms. The van der Waals surface area contributed by atoms with E-state index in [1.165, 1.54) is 12.8 Å². The van der Waals surface area contributed by atoms with E-state index in [0.29, 0.717) is 23.8 Å². The molecule has 0 aromatic carbocycles. The molecule has 0 radical (unpaired) electrons. The molecular formula is C14H26N2O. The lowest BCUT2D eigenvalue weighted by molar-refractivity contribution is -0.140. The molecule has 2 heterocycles. The maximum atomic E-state index is 12.5. The normalized spacial score (nSPS) is 39.1. The molecule has 0 spiro atoms. The summed E-state index contributed by atoms with van der Waals surface area (Å²) < 4.78 is 0. The van der Waals surface area contributed by atoms with Crippen molar-refractivity contribution in [2.45, 2.75) is 46.1 Å². The highest BCUT2D eigenvalue weighted by molar-refractivity contribution is 5.79. The zero-order valence-electron chi connectivity index (χ0n) is 11.4. The van der Waals surface area contributed by atoms with Crippen LogP contribution in [0.2, 0.25) is 0 Å². The van der Waals surface area contributed by atoms with Crippen molar-refractivity contribution < 1.29 is 4.79 Å². The Balaban J connectivity index is 1.97. The molecular weight excluding hydrogens is 212 g/mol. The quantitative estimate of drug-likeness (QED) is 0.756. The van der Waals surface area contributed by atoms with Gasteiger partial charge in [0.05, 0.1) is 5.92 Å². The van der Waals surface area contributed by atoms with E-state index in [2.05, 4.69) is 31.0 Å². The van der Waals surface area contributed by atoms with Crippen molar-refractivity contribution in [3.63, 3.8) is 0 Å². The fourth-order valence-electron chi connectivity index (χ4n) is 3.17. The van der Waals surface area contributed by atoms with Gasteiger partial charge in [-0.3, -0.25) is 4.79 Å². The van der Waals surface area contributed by atoms with Crippen molar-refractivity contribution in [1.29, 1.82) is 0 Å².